The van der Waals surface area contributed by atoms with Gasteiger partial charge in [-0.25, -0.2) is 4.98 Å². The molecule has 2 aromatic rings. The minimum absolute atomic E-state index is 0.452. The molecule has 1 aliphatic rings. The molecule has 3 rings (SSSR count). The van der Waals surface area contributed by atoms with Gasteiger partial charge >= 0.3 is 0 Å². The van der Waals surface area contributed by atoms with Gasteiger partial charge in [0.1, 0.15) is 5.82 Å². The fourth-order valence-electron chi connectivity index (χ4n) is 2.76. The molecule has 4 nitrogen and oxygen atoms in total. The van der Waals surface area contributed by atoms with Crippen LogP contribution in [0.3, 0.4) is 0 Å². The van der Waals surface area contributed by atoms with Crippen LogP contribution in [-0.4, -0.2) is 28.0 Å². The summed E-state index contributed by atoms with van der Waals surface area (Å²) in [6, 6.07) is 9.10. The second-order valence-electron chi connectivity index (χ2n) is 5.37. The molecule has 1 atom stereocenters. The Morgan fingerprint density at radius 1 is 1.05 bits per heavy atom. The predicted octanol–water partition coefficient (Wildman–Crippen LogP) is 2.88. The number of benzene rings is 1. The molecule has 0 aliphatic carbocycles. The van der Waals surface area contributed by atoms with E-state index < -0.39 is 0 Å². The highest BCUT2D eigenvalue weighted by Gasteiger charge is 2.19. The van der Waals surface area contributed by atoms with Crippen molar-refractivity contribution in [2.24, 2.45) is 0 Å². The van der Waals surface area contributed by atoms with E-state index in [9.17, 15) is 0 Å². The Bertz CT molecular complexity index is 556. The molecule has 1 aromatic heterocycles. The minimum Gasteiger partial charge on any atom is -0.382 e. The van der Waals surface area contributed by atoms with Crippen LogP contribution in [0, 0.1) is 0 Å². The maximum atomic E-state index is 5.56. The summed E-state index contributed by atoms with van der Waals surface area (Å²) in [5.74, 6) is 0.452. The summed E-state index contributed by atoms with van der Waals surface area (Å²) in [5, 5.41) is 0. The fraction of sp³-hybridized carbons (Fsp3) is 0.375. The van der Waals surface area contributed by atoms with Gasteiger partial charge in [0.05, 0.1) is 18.1 Å². The fourth-order valence-corrected chi connectivity index (χ4v) is 2.76. The lowest BCUT2D eigenvalue weighted by atomic mass is 10.0. The number of rotatable bonds is 3. The quantitative estimate of drug-likeness (QED) is 0.930. The van der Waals surface area contributed by atoms with E-state index in [0.29, 0.717) is 11.9 Å². The van der Waals surface area contributed by atoms with Gasteiger partial charge in [-0.2, -0.15) is 0 Å². The van der Waals surface area contributed by atoms with E-state index in [1.54, 1.807) is 12.4 Å². The molecule has 1 fully saturated rings. The predicted molar refractivity (Wildman–Crippen MR) is 81.1 cm³/mol. The topological polar surface area (TPSA) is 55.0 Å². The maximum Gasteiger partial charge on any atom is 0.141 e. The van der Waals surface area contributed by atoms with Gasteiger partial charge in [-0.15, -0.1) is 0 Å². The average Bonchev–Trinajstić information content (AvgIpc) is 3.02. The van der Waals surface area contributed by atoms with E-state index in [1.807, 2.05) is 0 Å². The molecule has 2 N–H and O–H groups in total. The van der Waals surface area contributed by atoms with Crippen LogP contribution in [-0.2, 0) is 0 Å². The van der Waals surface area contributed by atoms with Gasteiger partial charge in [-0.1, -0.05) is 24.3 Å². The van der Waals surface area contributed by atoms with Gasteiger partial charge in [-0.3, -0.25) is 9.88 Å². The number of nitrogens with zero attached hydrogens (tertiary/aromatic N) is 3. The first-order valence-corrected chi connectivity index (χ1v) is 7.16. The molecule has 0 radical (unpaired) electrons. The highest BCUT2D eigenvalue weighted by molar-refractivity contribution is 5.59. The zero-order chi connectivity index (χ0) is 13.9. The molecule has 1 unspecified atom stereocenters. The molecule has 4 heteroatoms. The third-order valence-corrected chi connectivity index (χ3v) is 4.05. The van der Waals surface area contributed by atoms with E-state index in [0.717, 1.165) is 11.3 Å². The Kier molecular flexibility index (Phi) is 3.65. The van der Waals surface area contributed by atoms with Crippen LogP contribution in [0.5, 0.6) is 0 Å². The highest BCUT2D eigenvalue weighted by atomic mass is 15.2. The molecule has 0 bridgehead atoms. The van der Waals surface area contributed by atoms with Crippen molar-refractivity contribution >= 4 is 5.82 Å². The van der Waals surface area contributed by atoms with Crippen molar-refractivity contribution in [2.75, 3.05) is 18.8 Å². The van der Waals surface area contributed by atoms with E-state index in [-0.39, 0.29) is 0 Å². The van der Waals surface area contributed by atoms with E-state index in [4.69, 9.17) is 5.73 Å². The van der Waals surface area contributed by atoms with Crippen LogP contribution in [0.15, 0.2) is 36.7 Å². The molecule has 0 saturated carbocycles. The van der Waals surface area contributed by atoms with Gasteiger partial charge in [0, 0.05) is 11.6 Å². The van der Waals surface area contributed by atoms with Crippen molar-refractivity contribution in [1.82, 2.24) is 14.9 Å². The minimum atomic E-state index is 0.452. The van der Waals surface area contributed by atoms with Gasteiger partial charge in [0.25, 0.3) is 0 Å². The van der Waals surface area contributed by atoms with Crippen LogP contribution < -0.4 is 5.73 Å². The number of anilines is 1. The Labute approximate surface area is 119 Å². The zero-order valence-corrected chi connectivity index (χ0v) is 11.8. The molecule has 2 heterocycles. The Balaban J connectivity index is 1.78. The molecule has 0 spiro atoms. The first-order valence-electron chi connectivity index (χ1n) is 7.16. The summed E-state index contributed by atoms with van der Waals surface area (Å²) in [4.78, 5) is 10.9. The number of hydrogen-bond donors (Lipinski definition) is 1. The normalized spacial score (nSPS) is 17.2. The number of aromatic nitrogens is 2. The lowest BCUT2D eigenvalue weighted by Crippen LogP contribution is -2.23. The zero-order valence-electron chi connectivity index (χ0n) is 11.8. The van der Waals surface area contributed by atoms with Crippen molar-refractivity contribution in [3.8, 4) is 11.3 Å². The third-order valence-electron chi connectivity index (χ3n) is 4.05. The molecule has 104 valence electrons. The van der Waals surface area contributed by atoms with Crippen molar-refractivity contribution < 1.29 is 0 Å². The monoisotopic (exact) mass is 268 g/mol. The summed E-state index contributed by atoms with van der Waals surface area (Å²) < 4.78 is 0. The first-order chi connectivity index (χ1) is 9.74. The van der Waals surface area contributed by atoms with Crippen molar-refractivity contribution in [3.05, 3.63) is 42.2 Å². The third kappa shape index (κ3) is 2.65. The lowest BCUT2D eigenvalue weighted by molar-refractivity contribution is 0.263. The van der Waals surface area contributed by atoms with E-state index >= 15 is 0 Å². The second-order valence-corrected chi connectivity index (χ2v) is 5.37. The van der Waals surface area contributed by atoms with E-state index in [2.05, 4.69) is 46.1 Å². The van der Waals surface area contributed by atoms with Crippen LogP contribution in [0.1, 0.15) is 31.4 Å². The first kappa shape index (κ1) is 13.1. The van der Waals surface area contributed by atoms with Crippen LogP contribution in [0.2, 0.25) is 0 Å². The van der Waals surface area contributed by atoms with Crippen molar-refractivity contribution in [3.63, 3.8) is 0 Å². The summed E-state index contributed by atoms with van der Waals surface area (Å²) in [5.41, 5.74) is 8.86. The number of hydrogen-bond acceptors (Lipinski definition) is 4. The molecule has 1 aromatic carbocycles. The Hall–Kier alpha value is -1.94. The summed E-state index contributed by atoms with van der Waals surface area (Å²) in [7, 11) is 0. The summed E-state index contributed by atoms with van der Waals surface area (Å²) >= 11 is 0. The SMILES string of the molecule is CC(c1ccc(-c2cnc(N)cn2)cc1)N1CCCC1. The largest absolute Gasteiger partial charge is 0.382 e. The van der Waals surface area contributed by atoms with E-state index in [1.165, 1.54) is 31.5 Å². The number of nitrogens with two attached hydrogens (primary N) is 1. The summed E-state index contributed by atoms with van der Waals surface area (Å²) in [6.45, 7) is 4.71. The summed E-state index contributed by atoms with van der Waals surface area (Å²) in [6.07, 6.45) is 5.96. The Morgan fingerprint density at radius 2 is 1.75 bits per heavy atom. The van der Waals surface area contributed by atoms with Gasteiger partial charge < -0.3 is 5.73 Å². The standard InChI is InChI=1S/C16H20N4/c1-12(20-8-2-3-9-20)13-4-6-14(7-5-13)15-10-19-16(17)11-18-15/h4-7,10-12H,2-3,8-9H2,1H3,(H2,17,19). The van der Waals surface area contributed by atoms with Crippen molar-refractivity contribution in [2.45, 2.75) is 25.8 Å². The average molecular weight is 268 g/mol. The highest BCUT2D eigenvalue weighted by Crippen LogP contribution is 2.26. The van der Waals surface area contributed by atoms with Crippen LogP contribution in [0.25, 0.3) is 11.3 Å². The van der Waals surface area contributed by atoms with Gasteiger partial charge in [0.2, 0.25) is 0 Å². The number of nitrogen functional groups attached to an aromatic ring is 1. The molecule has 1 saturated heterocycles. The maximum absolute atomic E-state index is 5.56. The van der Waals surface area contributed by atoms with Gasteiger partial charge in [-0.05, 0) is 38.4 Å². The Morgan fingerprint density at radius 3 is 2.35 bits per heavy atom. The molecular weight excluding hydrogens is 248 g/mol. The molecular formula is C16H20N4. The smallest absolute Gasteiger partial charge is 0.141 e. The number of likely N-dealkylation sites (tertiary alicyclic amines) is 1. The van der Waals surface area contributed by atoms with Gasteiger partial charge in [0.15, 0.2) is 0 Å². The lowest BCUT2D eigenvalue weighted by Gasteiger charge is -2.24. The second kappa shape index (κ2) is 5.59. The molecule has 1 aliphatic heterocycles. The molecule has 20 heavy (non-hydrogen) atoms. The molecule has 0 amide bonds. The van der Waals surface area contributed by atoms with Crippen molar-refractivity contribution in [1.29, 1.82) is 0 Å². The van der Waals surface area contributed by atoms with Crippen LogP contribution in [0.4, 0.5) is 5.82 Å². The van der Waals surface area contributed by atoms with Crippen LogP contribution >= 0.6 is 0 Å².